The zero-order valence-electron chi connectivity index (χ0n) is 20.1. The monoisotopic (exact) mass is 481 g/mol. The summed E-state index contributed by atoms with van der Waals surface area (Å²) in [7, 11) is 3.71. The lowest BCUT2D eigenvalue weighted by Crippen LogP contribution is -2.37. The zero-order chi connectivity index (χ0) is 25.3. The molecule has 0 aliphatic carbocycles. The van der Waals surface area contributed by atoms with Gasteiger partial charge in [-0.15, -0.1) is 0 Å². The second-order valence-electron chi connectivity index (χ2n) is 8.33. The van der Waals surface area contributed by atoms with Crippen molar-refractivity contribution in [1.82, 2.24) is 19.9 Å². The number of nitrogens with zero attached hydrogens (tertiary/aromatic N) is 5. The molecule has 0 aliphatic heterocycles. The van der Waals surface area contributed by atoms with Crippen molar-refractivity contribution in [2.24, 2.45) is 0 Å². The molecule has 0 unspecified atom stereocenters. The van der Waals surface area contributed by atoms with Gasteiger partial charge in [0, 0.05) is 35.7 Å². The molecule has 4 aromatic rings. The first kappa shape index (κ1) is 24.5. The molecule has 9 heteroatoms. The van der Waals surface area contributed by atoms with E-state index in [2.05, 4.69) is 25.6 Å². The van der Waals surface area contributed by atoms with Crippen molar-refractivity contribution < 1.29 is 9.59 Å². The number of anilines is 4. The molecule has 2 heterocycles. The minimum atomic E-state index is -0.387. The summed E-state index contributed by atoms with van der Waals surface area (Å²) in [6, 6.07) is 22.1. The molecule has 0 bridgehead atoms. The molecular weight excluding hydrogens is 454 g/mol. The lowest BCUT2D eigenvalue weighted by molar-refractivity contribution is -0.119. The molecule has 2 aromatic carbocycles. The fourth-order valence-electron chi connectivity index (χ4n) is 3.50. The first-order chi connectivity index (χ1) is 17.5. The number of likely N-dealkylation sites (N-methyl/N-ethyl adjacent to an activating group) is 1. The predicted molar refractivity (Wildman–Crippen MR) is 140 cm³/mol. The average molecular weight is 482 g/mol. The van der Waals surface area contributed by atoms with Gasteiger partial charge in [0.15, 0.2) is 0 Å². The molecule has 36 heavy (non-hydrogen) atoms. The summed E-state index contributed by atoms with van der Waals surface area (Å²) in [6.45, 7) is 0.679. The van der Waals surface area contributed by atoms with E-state index in [0.29, 0.717) is 23.9 Å². The van der Waals surface area contributed by atoms with Crippen LogP contribution in [0.3, 0.4) is 0 Å². The Hall–Kier alpha value is -4.63. The third-order valence-electron chi connectivity index (χ3n) is 5.18. The van der Waals surface area contributed by atoms with Gasteiger partial charge in [0.2, 0.25) is 11.9 Å². The van der Waals surface area contributed by atoms with E-state index in [-0.39, 0.29) is 24.1 Å². The average Bonchev–Trinajstić information content (AvgIpc) is 2.88. The van der Waals surface area contributed by atoms with Gasteiger partial charge < -0.3 is 20.4 Å². The smallest absolute Gasteiger partial charge is 0.274 e. The van der Waals surface area contributed by atoms with Gasteiger partial charge in [-0.1, -0.05) is 36.4 Å². The van der Waals surface area contributed by atoms with Gasteiger partial charge >= 0.3 is 0 Å². The van der Waals surface area contributed by atoms with Crippen molar-refractivity contribution in [2.45, 2.75) is 6.54 Å². The van der Waals surface area contributed by atoms with E-state index in [4.69, 9.17) is 0 Å². The van der Waals surface area contributed by atoms with E-state index in [0.717, 1.165) is 11.3 Å². The number of benzene rings is 2. The van der Waals surface area contributed by atoms with Crippen molar-refractivity contribution in [3.63, 3.8) is 0 Å². The lowest BCUT2D eigenvalue weighted by Gasteiger charge is -2.25. The van der Waals surface area contributed by atoms with Crippen LogP contribution in [0.1, 0.15) is 16.1 Å². The van der Waals surface area contributed by atoms with E-state index in [1.165, 1.54) is 6.20 Å². The topological polar surface area (TPSA) is 103 Å². The fraction of sp³-hybridized carbons (Fsp3) is 0.148. The number of rotatable bonds is 9. The number of carbonyl (C=O) groups is 2. The molecular formula is C27H27N7O2. The summed E-state index contributed by atoms with van der Waals surface area (Å²) >= 11 is 0. The highest BCUT2D eigenvalue weighted by molar-refractivity contribution is 6.03. The van der Waals surface area contributed by atoms with Gasteiger partial charge in [-0.25, -0.2) is 9.97 Å². The van der Waals surface area contributed by atoms with Crippen molar-refractivity contribution in [3.05, 3.63) is 103 Å². The van der Waals surface area contributed by atoms with Crippen molar-refractivity contribution in [2.75, 3.05) is 36.2 Å². The number of nitrogens with one attached hydrogen (secondary N) is 2. The van der Waals surface area contributed by atoms with E-state index in [1.807, 2.05) is 61.5 Å². The Bertz CT molecular complexity index is 1310. The van der Waals surface area contributed by atoms with Crippen LogP contribution in [0.5, 0.6) is 0 Å². The van der Waals surface area contributed by atoms with E-state index in [9.17, 15) is 9.59 Å². The molecule has 0 aliphatic rings. The predicted octanol–water partition coefficient (Wildman–Crippen LogP) is 3.96. The number of aromatic nitrogens is 3. The number of hydrogen-bond acceptors (Lipinski definition) is 7. The summed E-state index contributed by atoms with van der Waals surface area (Å²) in [5, 5.41) is 5.92. The van der Waals surface area contributed by atoms with Crippen LogP contribution in [-0.2, 0) is 11.3 Å². The third-order valence-corrected chi connectivity index (χ3v) is 5.18. The highest BCUT2D eigenvalue weighted by atomic mass is 16.2. The lowest BCUT2D eigenvalue weighted by atomic mass is 10.1. The first-order valence-corrected chi connectivity index (χ1v) is 11.4. The summed E-state index contributed by atoms with van der Waals surface area (Å²) < 4.78 is 0. The van der Waals surface area contributed by atoms with Crippen LogP contribution in [0.15, 0.2) is 91.4 Å². The third kappa shape index (κ3) is 6.71. The molecule has 2 N–H and O–H groups in total. The summed E-state index contributed by atoms with van der Waals surface area (Å²) in [5.41, 5.74) is 3.21. The first-order valence-electron chi connectivity index (χ1n) is 11.4. The molecule has 182 valence electrons. The quantitative estimate of drug-likeness (QED) is 0.373. The SMILES string of the molecule is CN(C)CC(=O)N(Cc1ccccc1)c1cccc(NC(=O)c2ccnc(Nc3ccncc3)n2)c1. The molecule has 0 saturated carbocycles. The number of amides is 2. The molecule has 0 saturated heterocycles. The van der Waals surface area contributed by atoms with Gasteiger partial charge in [-0.3, -0.25) is 14.6 Å². The summed E-state index contributed by atoms with van der Waals surface area (Å²) in [4.78, 5) is 42.0. The molecule has 0 fully saturated rings. The minimum absolute atomic E-state index is 0.0463. The Morgan fingerprint density at radius 2 is 1.64 bits per heavy atom. The van der Waals surface area contributed by atoms with Crippen LogP contribution in [0.25, 0.3) is 0 Å². The maximum absolute atomic E-state index is 13.1. The Kier molecular flexibility index (Phi) is 7.94. The zero-order valence-corrected chi connectivity index (χ0v) is 20.1. The van der Waals surface area contributed by atoms with Crippen molar-refractivity contribution >= 4 is 34.8 Å². The van der Waals surface area contributed by atoms with E-state index >= 15 is 0 Å². The Labute approximate surface area is 209 Å². The van der Waals surface area contributed by atoms with Gasteiger partial charge in [0.1, 0.15) is 5.69 Å². The van der Waals surface area contributed by atoms with Gasteiger partial charge in [-0.2, -0.15) is 0 Å². The van der Waals surface area contributed by atoms with Crippen molar-refractivity contribution in [1.29, 1.82) is 0 Å². The number of pyridine rings is 1. The van der Waals surface area contributed by atoms with E-state index in [1.54, 1.807) is 47.6 Å². The molecule has 0 atom stereocenters. The fourth-order valence-corrected chi connectivity index (χ4v) is 3.50. The maximum Gasteiger partial charge on any atom is 0.274 e. The van der Waals surface area contributed by atoms with Crippen LogP contribution in [0.2, 0.25) is 0 Å². The highest BCUT2D eigenvalue weighted by Gasteiger charge is 2.18. The number of carbonyl (C=O) groups excluding carboxylic acids is 2. The van der Waals surface area contributed by atoms with E-state index < -0.39 is 0 Å². The molecule has 2 aromatic heterocycles. The van der Waals surface area contributed by atoms with Crippen molar-refractivity contribution in [3.8, 4) is 0 Å². The summed E-state index contributed by atoms with van der Waals surface area (Å²) in [6.07, 6.45) is 4.82. The normalized spacial score (nSPS) is 10.6. The number of hydrogen-bond donors (Lipinski definition) is 2. The molecule has 0 radical (unpaired) electrons. The second-order valence-corrected chi connectivity index (χ2v) is 8.33. The van der Waals surface area contributed by atoms with Gasteiger partial charge in [0.05, 0.1) is 13.1 Å². The Morgan fingerprint density at radius 1 is 0.861 bits per heavy atom. The second kappa shape index (κ2) is 11.7. The standard InChI is InChI=1S/C27H27N7O2/c1-33(2)19-25(35)34(18-20-7-4-3-5-8-20)23-10-6-9-22(17-23)30-26(36)24-13-16-29-27(32-24)31-21-11-14-28-15-12-21/h3-17H,18-19H2,1-2H3,(H,30,36)(H,28,29,31,32). The van der Waals surface area contributed by atoms with Crippen LogP contribution in [-0.4, -0.2) is 52.3 Å². The molecule has 4 rings (SSSR count). The minimum Gasteiger partial charge on any atom is -0.324 e. The van der Waals surface area contributed by atoms with Crippen LogP contribution in [0.4, 0.5) is 23.0 Å². The van der Waals surface area contributed by atoms with Crippen LogP contribution in [0, 0.1) is 0 Å². The van der Waals surface area contributed by atoms with Crippen LogP contribution >= 0.6 is 0 Å². The molecule has 9 nitrogen and oxygen atoms in total. The largest absolute Gasteiger partial charge is 0.324 e. The Balaban J connectivity index is 1.52. The molecule has 2 amide bonds. The Morgan fingerprint density at radius 3 is 2.39 bits per heavy atom. The van der Waals surface area contributed by atoms with Gasteiger partial charge in [0.25, 0.3) is 5.91 Å². The summed E-state index contributed by atoms with van der Waals surface area (Å²) in [5.74, 6) is -0.137. The van der Waals surface area contributed by atoms with Gasteiger partial charge in [-0.05, 0) is 56.1 Å². The van der Waals surface area contributed by atoms with Crippen LogP contribution < -0.4 is 15.5 Å². The maximum atomic E-state index is 13.1. The highest BCUT2D eigenvalue weighted by Crippen LogP contribution is 2.23. The molecule has 0 spiro atoms.